The molecule has 2 aromatic carbocycles. The molecule has 0 aliphatic carbocycles. The highest BCUT2D eigenvalue weighted by atomic mass is 35.5. The molecule has 0 unspecified atom stereocenters. The molecule has 0 radical (unpaired) electrons. The van der Waals surface area contributed by atoms with Gasteiger partial charge >= 0.3 is 0 Å². The SMILES string of the molecule is COc1cccc(C(=O)N2CCN3C[C@H](c4cc(Cl)cnc4OCc4ccccc4)OC[C@@H]3C2)c1Cl. The number of halogens is 2. The fourth-order valence-corrected chi connectivity index (χ4v) is 5.13. The molecule has 3 heterocycles. The highest BCUT2D eigenvalue weighted by Gasteiger charge is 2.37. The average molecular weight is 528 g/mol. The summed E-state index contributed by atoms with van der Waals surface area (Å²) in [4.78, 5) is 21.8. The zero-order chi connectivity index (χ0) is 25.1. The number of fused-ring (bicyclic) bond motifs is 1. The Labute approximate surface area is 220 Å². The van der Waals surface area contributed by atoms with Crippen LogP contribution in [-0.2, 0) is 11.3 Å². The van der Waals surface area contributed by atoms with Crippen molar-refractivity contribution in [1.29, 1.82) is 0 Å². The molecule has 2 aliphatic heterocycles. The number of methoxy groups -OCH3 is 1. The summed E-state index contributed by atoms with van der Waals surface area (Å²) in [5.41, 5.74) is 2.34. The number of hydrogen-bond acceptors (Lipinski definition) is 6. The number of rotatable bonds is 6. The Balaban J connectivity index is 1.26. The summed E-state index contributed by atoms with van der Waals surface area (Å²) in [6.45, 7) is 3.43. The number of pyridine rings is 1. The number of piperazine rings is 1. The van der Waals surface area contributed by atoms with Crippen molar-refractivity contribution in [3.63, 3.8) is 0 Å². The van der Waals surface area contributed by atoms with Gasteiger partial charge in [-0.15, -0.1) is 0 Å². The normalized spacial score (nSPS) is 20.0. The molecule has 2 saturated heterocycles. The summed E-state index contributed by atoms with van der Waals surface area (Å²) >= 11 is 12.7. The largest absolute Gasteiger partial charge is 0.495 e. The number of carbonyl (C=O) groups is 1. The number of hydrogen-bond donors (Lipinski definition) is 0. The first kappa shape index (κ1) is 24.8. The van der Waals surface area contributed by atoms with Gasteiger partial charge in [-0.3, -0.25) is 9.69 Å². The van der Waals surface area contributed by atoms with Gasteiger partial charge in [0.1, 0.15) is 18.5 Å². The molecule has 1 aromatic heterocycles. The van der Waals surface area contributed by atoms with E-state index in [9.17, 15) is 4.79 Å². The molecule has 7 nitrogen and oxygen atoms in total. The minimum absolute atomic E-state index is 0.0872. The monoisotopic (exact) mass is 527 g/mol. The quantitative estimate of drug-likeness (QED) is 0.455. The van der Waals surface area contributed by atoms with E-state index in [1.54, 1.807) is 24.4 Å². The summed E-state index contributed by atoms with van der Waals surface area (Å²) in [5, 5.41) is 0.872. The topological polar surface area (TPSA) is 64.1 Å². The number of morpholine rings is 1. The minimum Gasteiger partial charge on any atom is -0.495 e. The van der Waals surface area contributed by atoms with Crippen molar-refractivity contribution < 1.29 is 19.0 Å². The standard InChI is InChI=1S/C27H27Cl2N3O4/c1-34-23-9-5-8-21(25(23)29)27(33)32-11-10-31-15-24(35-17-20(31)14-32)22-12-19(28)13-30-26(22)36-16-18-6-3-2-4-7-18/h2-9,12-13,20,24H,10-11,14-17H2,1H3/t20-,24+/m0/s1. The average Bonchev–Trinajstić information content (AvgIpc) is 2.92. The Morgan fingerprint density at radius 2 is 1.94 bits per heavy atom. The number of ether oxygens (including phenoxy) is 3. The molecule has 0 N–H and O–H groups in total. The first-order valence-corrected chi connectivity index (χ1v) is 12.6. The lowest BCUT2D eigenvalue weighted by molar-refractivity contribution is -0.0866. The van der Waals surface area contributed by atoms with Crippen LogP contribution in [0.15, 0.2) is 60.8 Å². The maximum absolute atomic E-state index is 13.2. The Morgan fingerprint density at radius 1 is 1.11 bits per heavy atom. The van der Waals surface area contributed by atoms with E-state index in [0.29, 0.717) is 60.1 Å². The van der Waals surface area contributed by atoms with Crippen LogP contribution in [0.4, 0.5) is 0 Å². The van der Waals surface area contributed by atoms with Crippen LogP contribution < -0.4 is 9.47 Å². The van der Waals surface area contributed by atoms with E-state index in [2.05, 4.69) is 9.88 Å². The smallest absolute Gasteiger partial charge is 0.255 e. The van der Waals surface area contributed by atoms with Crippen LogP contribution in [0.25, 0.3) is 0 Å². The molecule has 2 aliphatic rings. The summed E-state index contributed by atoms with van der Waals surface area (Å²) in [7, 11) is 1.54. The van der Waals surface area contributed by atoms with Gasteiger partial charge in [0.2, 0.25) is 5.88 Å². The Bertz CT molecular complexity index is 1230. The molecule has 0 bridgehead atoms. The van der Waals surface area contributed by atoms with Crippen molar-refractivity contribution >= 4 is 29.1 Å². The second-order valence-electron chi connectivity index (χ2n) is 8.87. The highest BCUT2D eigenvalue weighted by Crippen LogP contribution is 2.34. The summed E-state index contributed by atoms with van der Waals surface area (Å²) in [6, 6.07) is 17.2. The lowest BCUT2D eigenvalue weighted by atomic mass is 10.0. The van der Waals surface area contributed by atoms with Crippen molar-refractivity contribution in [2.45, 2.75) is 18.8 Å². The van der Waals surface area contributed by atoms with Crippen LogP contribution in [0.5, 0.6) is 11.6 Å². The van der Waals surface area contributed by atoms with Gasteiger partial charge in [-0.1, -0.05) is 59.6 Å². The van der Waals surface area contributed by atoms with E-state index in [0.717, 1.165) is 17.7 Å². The van der Waals surface area contributed by atoms with Gasteiger partial charge in [0.25, 0.3) is 5.91 Å². The van der Waals surface area contributed by atoms with Gasteiger partial charge < -0.3 is 19.1 Å². The molecule has 188 valence electrons. The van der Waals surface area contributed by atoms with Crippen LogP contribution in [0.1, 0.15) is 27.6 Å². The molecule has 5 rings (SSSR count). The van der Waals surface area contributed by atoms with E-state index in [1.807, 2.05) is 41.3 Å². The lowest BCUT2D eigenvalue weighted by Gasteiger charge is -2.46. The molecule has 36 heavy (non-hydrogen) atoms. The van der Waals surface area contributed by atoms with Gasteiger partial charge in [0.05, 0.1) is 35.4 Å². The van der Waals surface area contributed by atoms with Crippen molar-refractivity contribution in [3.05, 3.63) is 87.5 Å². The molecule has 0 spiro atoms. The third-order valence-electron chi connectivity index (χ3n) is 6.61. The maximum atomic E-state index is 13.2. The van der Waals surface area contributed by atoms with E-state index >= 15 is 0 Å². The van der Waals surface area contributed by atoms with Crippen LogP contribution in [0.3, 0.4) is 0 Å². The molecule has 2 fully saturated rings. The van der Waals surface area contributed by atoms with Gasteiger partial charge in [-0.2, -0.15) is 0 Å². The summed E-state index contributed by atoms with van der Waals surface area (Å²) in [6.07, 6.45) is 1.36. The Morgan fingerprint density at radius 3 is 2.75 bits per heavy atom. The Hall–Kier alpha value is -2.84. The predicted molar refractivity (Wildman–Crippen MR) is 138 cm³/mol. The predicted octanol–water partition coefficient (Wildman–Crippen LogP) is 4.87. The van der Waals surface area contributed by atoms with Crippen molar-refractivity contribution in [2.75, 3.05) is 39.9 Å². The van der Waals surface area contributed by atoms with Crippen molar-refractivity contribution in [3.8, 4) is 11.6 Å². The minimum atomic E-state index is -0.228. The van der Waals surface area contributed by atoms with Crippen molar-refractivity contribution in [1.82, 2.24) is 14.8 Å². The first-order valence-electron chi connectivity index (χ1n) is 11.8. The molecule has 9 heteroatoms. The zero-order valence-electron chi connectivity index (χ0n) is 19.9. The molecule has 3 aromatic rings. The third-order valence-corrected chi connectivity index (χ3v) is 7.20. The fourth-order valence-electron chi connectivity index (χ4n) is 4.68. The van der Waals surface area contributed by atoms with E-state index in [1.165, 1.54) is 7.11 Å². The molecular formula is C27H27Cl2N3O4. The van der Waals surface area contributed by atoms with Crippen LogP contribution in [-0.4, -0.2) is 66.6 Å². The number of amides is 1. The zero-order valence-corrected chi connectivity index (χ0v) is 21.4. The second kappa shape index (κ2) is 11.0. The van der Waals surface area contributed by atoms with Crippen molar-refractivity contribution in [2.24, 2.45) is 0 Å². The van der Waals surface area contributed by atoms with E-state index in [4.69, 9.17) is 37.4 Å². The number of aromatic nitrogens is 1. The Kier molecular flexibility index (Phi) is 7.62. The van der Waals surface area contributed by atoms with Gasteiger partial charge in [0.15, 0.2) is 0 Å². The molecule has 1 amide bonds. The third kappa shape index (κ3) is 5.30. The van der Waals surface area contributed by atoms with Gasteiger partial charge in [-0.05, 0) is 23.8 Å². The number of nitrogens with zero attached hydrogens (tertiary/aromatic N) is 3. The first-order chi connectivity index (χ1) is 17.5. The van der Waals surface area contributed by atoms with Crippen LogP contribution >= 0.6 is 23.2 Å². The molecular weight excluding hydrogens is 501 g/mol. The van der Waals surface area contributed by atoms with Gasteiger partial charge in [0, 0.05) is 37.9 Å². The molecule has 0 saturated carbocycles. The summed E-state index contributed by atoms with van der Waals surface area (Å²) in [5.74, 6) is 0.912. The highest BCUT2D eigenvalue weighted by molar-refractivity contribution is 6.35. The fraction of sp³-hybridized carbons (Fsp3) is 0.333. The van der Waals surface area contributed by atoms with E-state index in [-0.39, 0.29) is 18.1 Å². The number of benzene rings is 2. The van der Waals surface area contributed by atoms with Gasteiger partial charge in [-0.25, -0.2) is 4.98 Å². The van der Waals surface area contributed by atoms with Crippen LogP contribution in [0.2, 0.25) is 10.0 Å². The van der Waals surface area contributed by atoms with E-state index < -0.39 is 0 Å². The maximum Gasteiger partial charge on any atom is 0.255 e. The molecule has 2 atom stereocenters. The van der Waals surface area contributed by atoms with Crippen LogP contribution in [0, 0.1) is 0 Å². The lowest BCUT2D eigenvalue weighted by Crippen LogP contribution is -2.59. The second-order valence-corrected chi connectivity index (χ2v) is 9.68. The number of carbonyl (C=O) groups excluding carboxylic acids is 1. The summed E-state index contributed by atoms with van der Waals surface area (Å²) < 4.78 is 17.6.